The van der Waals surface area contributed by atoms with Gasteiger partial charge >= 0.3 is 0 Å². The lowest BCUT2D eigenvalue weighted by Crippen LogP contribution is -2.49. The lowest BCUT2D eigenvalue weighted by molar-refractivity contribution is 0.101. The van der Waals surface area contributed by atoms with Gasteiger partial charge in [-0.3, -0.25) is 4.90 Å². The van der Waals surface area contributed by atoms with E-state index in [1.165, 1.54) is 37.9 Å². The minimum absolute atomic E-state index is 0.402. The summed E-state index contributed by atoms with van der Waals surface area (Å²) < 4.78 is 6.02. The van der Waals surface area contributed by atoms with Crippen molar-refractivity contribution in [2.24, 2.45) is 11.8 Å². The Labute approximate surface area is 121 Å². The van der Waals surface area contributed by atoms with Gasteiger partial charge in [-0.25, -0.2) is 0 Å². The van der Waals surface area contributed by atoms with Crippen LogP contribution in [0.25, 0.3) is 0 Å². The summed E-state index contributed by atoms with van der Waals surface area (Å²) in [6.07, 6.45) is 4.33. The van der Waals surface area contributed by atoms with Crippen LogP contribution in [0.3, 0.4) is 0 Å². The number of hydrogen-bond acceptors (Lipinski definition) is 3. The smallest absolute Gasteiger partial charge is 0.124 e. The predicted octanol–water partition coefficient (Wildman–Crippen LogP) is 2.44. The van der Waals surface area contributed by atoms with Crippen molar-refractivity contribution in [2.75, 3.05) is 26.7 Å². The zero-order chi connectivity index (χ0) is 13.5. The van der Waals surface area contributed by atoms with E-state index < -0.39 is 0 Å². The first-order valence-electron chi connectivity index (χ1n) is 8.00. The molecule has 1 aromatic carbocycles. The van der Waals surface area contributed by atoms with Crippen LogP contribution < -0.4 is 10.1 Å². The van der Waals surface area contributed by atoms with Crippen molar-refractivity contribution >= 4 is 0 Å². The number of benzene rings is 1. The first-order chi connectivity index (χ1) is 9.86. The largest absolute Gasteiger partial charge is 0.492 e. The fourth-order valence-electron chi connectivity index (χ4n) is 4.55. The average molecular weight is 272 g/mol. The molecule has 0 radical (unpaired) electrons. The van der Waals surface area contributed by atoms with Crippen molar-refractivity contribution < 1.29 is 4.74 Å². The highest BCUT2D eigenvalue weighted by molar-refractivity contribution is 5.38. The highest BCUT2D eigenvalue weighted by atomic mass is 16.5. The van der Waals surface area contributed by atoms with Crippen molar-refractivity contribution in [3.8, 4) is 5.75 Å². The van der Waals surface area contributed by atoms with Crippen molar-refractivity contribution in [1.82, 2.24) is 10.2 Å². The molecule has 4 atom stereocenters. The number of para-hydroxylation sites is 1. The fraction of sp³-hybridized carbons (Fsp3) is 0.647. The molecule has 0 bridgehead atoms. The van der Waals surface area contributed by atoms with Crippen LogP contribution in [0.2, 0.25) is 0 Å². The molecular formula is C17H24N2O. The van der Waals surface area contributed by atoms with Gasteiger partial charge in [-0.15, -0.1) is 0 Å². The van der Waals surface area contributed by atoms with E-state index in [-0.39, 0.29) is 0 Å². The zero-order valence-electron chi connectivity index (χ0n) is 12.2. The quantitative estimate of drug-likeness (QED) is 0.895. The molecule has 0 aromatic heterocycles. The molecule has 4 rings (SSSR count). The average Bonchev–Trinajstić information content (AvgIpc) is 3.07. The number of nitrogens with zero attached hydrogens (tertiary/aromatic N) is 1. The molecule has 0 amide bonds. The second-order valence-electron chi connectivity index (χ2n) is 6.59. The van der Waals surface area contributed by atoms with Crippen LogP contribution in [0, 0.1) is 11.8 Å². The van der Waals surface area contributed by atoms with Crippen LogP contribution in [0.15, 0.2) is 24.3 Å². The summed E-state index contributed by atoms with van der Waals surface area (Å²) in [6.45, 7) is 3.38. The Hall–Kier alpha value is -1.06. The van der Waals surface area contributed by atoms with E-state index in [1.807, 2.05) is 0 Å². The van der Waals surface area contributed by atoms with Crippen LogP contribution in [0.5, 0.6) is 5.75 Å². The number of likely N-dealkylation sites (N-methyl/N-ethyl adjacent to an activating group) is 1. The van der Waals surface area contributed by atoms with Crippen molar-refractivity contribution in [3.05, 3.63) is 29.8 Å². The molecule has 3 nitrogen and oxygen atoms in total. The molecule has 3 heteroatoms. The fourth-order valence-corrected chi connectivity index (χ4v) is 4.55. The first-order valence-corrected chi connectivity index (χ1v) is 8.00. The van der Waals surface area contributed by atoms with E-state index in [1.54, 1.807) is 0 Å². The zero-order valence-corrected chi connectivity index (χ0v) is 12.2. The Morgan fingerprint density at radius 2 is 1.90 bits per heavy atom. The number of likely N-dealkylation sites (tertiary alicyclic amines) is 1. The lowest BCUT2D eigenvalue weighted by Gasteiger charge is -2.39. The van der Waals surface area contributed by atoms with Gasteiger partial charge in [-0.2, -0.15) is 0 Å². The Morgan fingerprint density at radius 1 is 1.15 bits per heavy atom. The molecular weight excluding hydrogens is 248 g/mol. The third-order valence-corrected chi connectivity index (χ3v) is 5.58. The van der Waals surface area contributed by atoms with Crippen LogP contribution in [0.1, 0.15) is 30.9 Å². The van der Waals surface area contributed by atoms with Gasteiger partial charge in [0.15, 0.2) is 0 Å². The standard InChI is InChI=1S/C17H24N2O/c1-18-17-14-7-2-3-8-16(14)20-11-15(17)19-9-12-5-4-6-13(12)10-19/h2-3,7-8,12-13,15,17-18H,4-6,9-11H2,1H3. The van der Waals surface area contributed by atoms with Crippen LogP contribution in [-0.2, 0) is 0 Å². The summed E-state index contributed by atoms with van der Waals surface area (Å²) in [6, 6.07) is 9.37. The van der Waals surface area contributed by atoms with Crippen molar-refractivity contribution in [2.45, 2.75) is 31.3 Å². The van der Waals surface area contributed by atoms with E-state index >= 15 is 0 Å². The Kier molecular flexibility index (Phi) is 3.20. The van der Waals surface area contributed by atoms with Gasteiger partial charge in [0, 0.05) is 18.7 Å². The van der Waals surface area contributed by atoms with E-state index in [2.05, 4.69) is 41.5 Å². The summed E-state index contributed by atoms with van der Waals surface area (Å²) in [5, 5.41) is 3.53. The maximum absolute atomic E-state index is 6.02. The molecule has 0 spiro atoms. The van der Waals surface area contributed by atoms with Crippen LogP contribution in [0.4, 0.5) is 0 Å². The Balaban J connectivity index is 1.57. The van der Waals surface area contributed by atoms with Crippen LogP contribution in [-0.4, -0.2) is 37.7 Å². The Morgan fingerprint density at radius 3 is 2.65 bits per heavy atom. The number of hydrogen-bond donors (Lipinski definition) is 1. The normalized spacial score (nSPS) is 36.5. The molecule has 1 saturated carbocycles. The summed E-state index contributed by atoms with van der Waals surface area (Å²) >= 11 is 0. The van der Waals surface area contributed by atoms with E-state index in [0.717, 1.165) is 24.2 Å². The minimum Gasteiger partial charge on any atom is -0.492 e. The van der Waals surface area contributed by atoms with E-state index in [0.29, 0.717) is 12.1 Å². The van der Waals surface area contributed by atoms with Gasteiger partial charge in [0.05, 0.1) is 12.1 Å². The van der Waals surface area contributed by atoms with Gasteiger partial charge < -0.3 is 10.1 Å². The molecule has 3 aliphatic rings. The molecule has 1 aliphatic carbocycles. The monoisotopic (exact) mass is 272 g/mol. The lowest BCUT2D eigenvalue weighted by atomic mass is 9.95. The molecule has 1 aromatic rings. The molecule has 2 heterocycles. The van der Waals surface area contributed by atoms with Crippen molar-refractivity contribution in [1.29, 1.82) is 0 Å². The highest BCUT2D eigenvalue weighted by Gasteiger charge is 2.42. The molecule has 108 valence electrons. The third-order valence-electron chi connectivity index (χ3n) is 5.58. The summed E-state index contributed by atoms with van der Waals surface area (Å²) in [5.74, 6) is 2.96. The first kappa shape index (κ1) is 12.7. The predicted molar refractivity (Wildman–Crippen MR) is 79.9 cm³/mol. The van der Waals surface area contributed by atoms with Gasteiger partial charge in [0.1, 0.15) is 12.4 Å². The maximum Gasteiger partial charge on any atom is 0.124 e. The molecule has 1 N–H and O–H groups in total. The number of rotatable bonds is 2. The van der Waals surface area contributed by atoms with Crippen molar-refractivity contribution in [3.63, 3.8) is 0 Å². The van der Waals surface area contributed by atoms with Gasteiger partial charge in [-0.1, -0.05) is 24.6 Å². The molecule has 1 saturated heterocycles. The van der Waals surface area contributed by atoms with E-state index in [9.17, 15) is 0 Å². The summed E-state index contributed by atoms with van der Waals surface area (Å²) in [5.41, 5.74) is 1.32. The van der Waals surface area contributed by atoms with Crippen LogP contribution >= 0.6 is 0 Å². The molecule has 2 fully saturated rings. The van der Waals surface area contributed by atoms with Gasteiger partial charge in [0.25, 0.3) is 0 Å². The van der Waals surface area contributed by atoms with Gasteiger partial charge in [-0.05, 0) is 37.8 Å². The number of ether oxygens (including phenoxy) is 1. The molecule has 4 unspecified atom stereocenters. The summed E-state index contributed by atoms with van der Waals surface area (Å²) in [4.78, 5) is 2.69. The maximum atomic E-state index is 6.02. The second-order valence-corrected chi connectivity index (χ2v) is 6.59. The second kappa shape index (κ2) is 5.05. The highest BCUT2D eigenvalue weighted by Crippen LogP contribution is 2.41. The number of nitrogens with one attached hydrogen (secondary N) is 1. The van der Waals surface area contributed by atoms with E-state index in [4.69, 9.17) is 4.74 Å². The topological polar surface area (TPSA) is 24.5 Å². The Bertz CT molecular complexity index is 478. The SMILES string of the molecule is CNC1c2ccccc2OCC1N1CC2CCCC2C1. The molecule has 2 aliphatic heterocycles. The molecule has 20 heavy (non-hydrogen) atoms. The summed E-state index contributed by atoms with van der Waals surface area (Å²) in [7, 11) is 2.08. The minimum atomic E-state index is 0.402. The number of fused-ring (bicyclic) bond motifs is 2. The third kappa shape index (κ3) is 1.95. The van der Waals surface area contributed by atoms with Gasteiger partial charge in [0.2, 0.25) is 0 Å².